The molecule has 0 aromatic carbocycles. The van der Waals surface area contributed by atoms with Gasteiger partial charge in [-0.3, -0.25) is 4.79 Å². The van der Waals surface area contributed by atoms with E-state index in [1.807, 2.05) is 6.92 Å². The Morgan fingerprint density at radius 3 is 3.00 bits per heavy atom. The number of amides is 1. The van der Waals surface area contributed by atoms with E-state index in [1.165, 1.54) is 0 Å². The molecule has 5 nitrogen and oxygen atoms in total. The first kappa shape index (κ1) is 13.8. The normalized spacial score (nSPS) is 22.8. The Labute approximate surface area is 113 Å². The Kier molecular flexibility index (Phi) is 4.74. The van der Waals surface area contributed by atoms with Crippen molar-refractivity contribution in [1.29, 1.82) is 0 Å². The van der Waals surface area contributed by atoms with Crippen LogP contribution in [0.4, 0.5) is 5.69 Å². The van der Waals surface area contributed by atoms with Gasteiger partial charge in [0.2, 0.25) is 11.8 Å². The van der Waals surface area contributed by atoms with Crippen molar-refractivity contribution < 1.29 is 9.53 Å². The zero-order chi connectivity index (χ0) is 13.7. The van der Waals surface area contributed by atoms with Gasteiger partial charge in [-0.1, -0.05) is 6.42 Å². The summed E-state index contributed by atoms with van der Waals surface area (Å²) in [7, 11) is 0. The van der Waals surface area contributed by atoms with Gasteiger partial charge in [0.25, 0.3) is 0 Å². The summed E-state index contributed by atoms with van der Waals surface area (Å²) in [5, 5.41) is 2.89. The van der Waals surface area contributed by atoms with Gasteiger partial charge in [0.05, 0.1) is 18.5 Å². The molecule has 1 aromatic rings. The van der Waals surface area contributed by atoms with Gasteiger partial charge in [0.15, 0.2) is 0 Å². The Balaban J connectivity index is 1.90. The van der Waals surface area contributed by atoms with Gasteiger partial charge in [0.1, 0.15) is 0 Å². The molecule has 1 saturated carbocycles. The summed E-state index contributed by atoms with van der Waals surface area (Å²) in [4.78, 5) is 16.2. The molecule has 0 radical (unpaired) electrons. The molecule has 2 unspecified atom stereocenters. The highest BCUT2D eigenvalue weighted by Crippen LogP contribution is 2.24. The summed E-state index contributed by atoms with van der Waals surface area (Å²) in [6.45, 7) is 2.49. The van der Waals surface area contributed by atoms with Crippen molar-refractivity contribution in [2.45, 2.75) is 38.6 Å². The minimum Gasteiger partial charge on any atom is -0.478 e. The highest BCUT2D eigenvalue weighted by atomic mass is 16.5. The van der Waals surface area contributed by atoms with E-state index in [0.29, 0.717) is 18.2 Å². The second-order valence-corrected chi connectivity index (χ2v) is 4.93. The quantitative estimate of drug-likeness (QED) is 0.870. The van der Waals surface area contributed by atoms with Gasteiger partial charge < -0.3 is 15.8 Å². The number of rotatable bonds is 4. The number of hydrogen-bond donors (Lipinski definition) is 2. The maximum atomic E-state index is 12.1. The summed E-state index contributed by atoms with van der Waals surface area (Å²) in [6, 6.07) is 3.72. The predicted octanol–water partition coefficient (Wildman–Crippen LogP) is 1.94. The number of aromatic nitrogens is 1. The number of hydrogen-bond acceptors (Lipinski definition) is 4. The lowest BCUT2D eigenvalue weighted by Crippen LogP contribution is -2.34. The standard InChI is InChI=1S/C14H21N3O2/c1-2-19-13-7-6-12(9-16-13)17-14(18)10-4-3-5-11(15)8-10/h6-7,9-11H,2-5,8,15H2,1H3,(H,17,18). The molecule has 0 saturated heterocycles. The van der Waals surface area contributed by atoms with Crippen molar-refractivity contribution in [3.63, 3.8) is 0 Å². The fourth-order valence-electron chi connectivity index (χ4n) is 2.40. The Morgan fingerprint density at radius 1 is 1.53 bits per heavy atom. The molecule has 1 amide bonds. The van der Waals surface area contributed by atoms with Crippen molar-refractivity contribution in [1.82, 2.24) is 4.98 Å². The predicted molar refractivity (Wildman–Crippen MR) is 74.0 cm³/mol. The molecule has 19 heavy (non-hydrogen) atoms. The molecule has 2 rings (SSSR count). The summed E-state index contributed by atoms with van der Waals surface area (Å²) < 4.78 is 5.26. The molecule has 0 spiro atoms. The van der Waals surface area contributed by atoms with Gasteiger partial charge in [-0.15, -0.1) is 0 Å². The van der Waals surface area contributed by atoms with Crippen LogP contribution < -0.4 is 15.8 Å². The van der Waals surface area contributed by atoms with E-state index in [0.717, 1.165) is 25.7 Å². The molecule has 1 aromatic heterocycles. The molecule has 1 heterocycles. The zero-order valence-electron chi connectivity index (χ0n) is 11.3. The van der Waals surface area contributed by atoms with Crippen LogP contribution in [0.15, 0.2) is 18.3 Å². The lowest BCUT2D eigenvalue weighted by molar-refractivity contribution is -0.120. The summed E-state index contributed by atoms with van der Waals surface area (Å²) >= 11 is 0. The minimum atomic E-state index is 0.0234. The molecular formula is C14H21N3O2. The first-order valence-electron chi connectivity index (χ1n) is 6.84. The fraction of sp³-hybridized carbons (Fsp3) is 0.571. The van der Waals surface area contributed by atoms with Crippen LogP contribution in [0, 0.1) is 5.92 Å². The average Bonchev–Trinajstić information content (AvgIpc) is 2.41. The number of nitrogens with one attached hydrogen (secondary N) is 1. The van der Waals surface area contributed by atoms with Gasteiger partial charge in [-0.25, -0.2) is 4.98 Å². The van der Waals surface area contributed by atoms with Gasteiger partial charge in [0, 0.05) is 18.0 Å². The monoisotopic (exact) mass is 263 g/mol. The smallest absolute Gasteiger partial charge is 0.227 e. The average molecular weight is 263 g/mol. The van der Waals surface area contributed by atoms with Gasteiger partial charge in [-0.05, 0) is 32.3 Å². The van der Waals surface area contributed by atoms with E-state index < -0.39 is 0 Å². The first-order chi connectivity index (χ1) is 9.19. The van der Waals surface area contributed by atoms with Crippen LogP contribution in [0.3, 0.4) is 0 Å². The van der Waals surface area contributed by atoms with Crippen LogP contribution in [0.5, 0.6) is 5.88 Å². The Morgan fingerprint density at radius 2 is 2.37 bits per heavy atom. The topological polar surface area (TPSA) is 77.2 Å². The van der Waals surface area contributed by atoms with E-state index in [9.17, 15) is 4.79 Å². The zero-order valence-corrected chi connectivity index (χ0v) is 11.3. The fourth-order valence-corrected chi connectivity index (χ4v) is 2.40. The van der Waals surface area contributed by atoms with Crippen LogP contribution in [-0.2, 0) is 4.79 Å². The number of pyridine rings is 1. The lowest BCUT2D eigenvalue weighted by Gasteiger charge is -2.25. The van der Waals surface area contributed by atoms with E-state index in [4.69, 9.17) is 10.5 Å². The van der Waals surface area contributed by atoms with Crippen LogP contribution in [0.2, 0.25) is 0 Å². The van der Waals surface area contributed by atoms with Crippen LogP contribution in [-0.4, -0.2) is 23.5 Å². The molecule has 1 fully saturated rings. The summed E-state index contributed by atoms with van der Waals surface area (Å²) in [5.74, 6) is 0.636. The molecular weight excluding hydrogens is 242 g/mol. The molecule has 3 N–H and O–H groups in total. The number of nitrogens with zero attached hydrogens (tertiary/aromatic N) is 1. The highest BCUT2D eigenvalue weighted by Gasteiger charge is 2.25. The number of anilines is 1. The first-order valence-corrected chi connectivity index (χ1v) is 6.84. The number of carbonyl (C=O) groups excluding carboxylic acids is 1. The summed E-state index contributed by atoms with van der Waals surface area (Å²) in [6.07, 6.45) is 5.36. The minimum absolute atomic E-state index is 0.0234. The molecule has 2 atom stereocenters. The van der Waals surface area contributed by atoms with E-state index in [1.54, 1.807) is 18.3 Å². The van der Waals surface area contributed by atoms with Crippen molar-refractivity contribution in [3.8, 4) is 5.88 Å². The van der Waals surface area contributed by atoms with Crippen molar-refractivity contribution in [2.24, 2.45) is 11.7 Å². The second-order valence-electron chi connectivity index (χ2n) is 4.93. The van der Waals surface area contributed by atoms with Crippen LogP contribution in [0.25, 0.3) is 0 Å². The number of ether oxygens (including phenoxy) is 1. The van der Waals surface area contributed by atoms with E-state index in [-0.39, 0.29) is 17.9 Å². The molecule has 1 aliphatic carbocycles. The van der Waals surface area contributed by atoms with Gasteiger partial charge in [-0.2, -0.15) is 0 Å². The molecule has 0 aliphatic heterocycles. The maximum Gasteiger partial charge on any atom is 0.227 e. The molecule has 1 aliphatic rings. The Hall–Kier alpha value is -1.62. The van der Waals surface area contributed by atoms with E-state index in [2.05, 4.69) is 10.3 Å². The van der Waals surface area contributed by atoms with Crippen LogP contribution in [0.1, 0.15) is 32.6 Å². The third kappa shape index (κ3) is 3.92. The van der Waals surface area contributed by atoms with Crippen LogP contribution >= 0.6 is 0 Å². The third-order valence-electron chi connectivity index (χ3n) is 3.38. The molecule has 0 bridgehead atoms. The number of nitrogens with two attached hydrogens (primary N) is 1. The van der Waals surface area contributed by atoms with Gasteiger partial charge >= 0.3 is 0 Å². The maximum absolute atomic E-state index is 12.1. The van der Waals surface area contributed by atoms with Crippen molar-refractivity contribution >= 4 is 11.6 Å². The number of carbonyl (C=O) groups is 1. The van der Waals surface area contributed by atoms with Crippen molar-refractivity contribution in [2.75, 3.05) is 11.9 Å². The Bertz CT molecular complexity index is 419. The van der Waals surface area contributed by atoms with E-state index >= 15 is 0 Å². The lowest BCUT2D eigenvalue weighted by atomic mass is 9.85. The third-order valence-corrected chi connectivity index (χ3v) is 3.38. The summed E-state index contributed by atoms with van der Waals surface area (Å²) in [5.41, 5.74) is 6.60. The highest BCUT2D eigenvalue weighted by molar-refractivity contribution is 5.92. The molecule has 5 heteroatoms. The largest absolute Gasteiger partial charge is 0.478 e. The SMILES string of the molecule is CCOc1ccc(NC(=O)C2CCCC(N)C2)cn1. The molecule has 104 valence electrons. The second kappa shape index (κ2) is 6.52. The van der Waals surface area contributed by atoms with Crippen molar-refractivity contribution in [3.05, 3.63) is 18.3 Å².